The molecule has 0 saturated heterocycles. The second kappa shape index (κ2) is 3.90. The van der Waals surface area contributed by atoms with Gasteiger partial charge in [-0.15, -0.1) is 0 Å². The Morgan fingerprint density at radius 1 is 1.50 bits per heavy atom. The molecule has 0 aliphatic heterocycles. The number of ketones is 1. The van der Waals surface area contributed by atoms with Crippen molar-refractivity contribution in [1.29, 1.82) is 0 Å². The summed E-state index contributed by atoms with van der Waals surface area (Å²) in [6.07, 6.45) is 1.26. The lowest BCUT2D eigenvalue weighted by molar-refractivity contribution is -0.116. The number of carbonyl (C=O) groups is 1. The molecule has 0 amide bonds. The number of benzene rings is 1. The molecule has 0 radical (unpaired) electrons. The van der Waals surface area contributed by atoms with Crippen LogP contribution in [-0.4, -0.2) is 10.9 Å². The Kier molecular flexibility index (Phi) is 2.86. The Bertz CT molecular complexity index is 279. The van der Waals surface area contributed by atoms with Crippen LogP contribution in [-0.2, 0) is 11.2 Å². The van der Waals surface area contributed by atoms with E-state index >= 15 is 0 Å². The molecule has 1 aromatic carbocycles. The first-order valence-corrected chi connectivity index (χ1v) is 3.96. The van der Waals surface area contributed by atoms with Gasteiger partial charge in [-0.25, -0.2) is 0 Å². The molecule has 0 fully saturated rings. The van der Waals surface area contributed by atoms with Gasteiger partial charge in [-0.3, -0.25) is 0 Å². The maximum atomic E-state index is 10.6. The van der Waals surface area contributed by atoms with Gasteiger partial charge >= 0.3 is 0 Å². The van der Waals surface area contributed by atoms with E-state index in [-0.39, 0.29) is 11.5 Å². The van der Waals surface area contributed by atoms with Crippen LogP contribution in [0.25, 0.3) is 0 Å². The molecule has 0 bridgehead atoms. The first kappa shape index (κ1) is 8.78. The van der Waals surface area contributed by atoms with Gasteiger partial charge in [-0.1, -0.05) is 12.1 Å². The van der Waals surface area contributed by atoms with E-state index in [4.69, 9.17) is 5.11 Å². The highest BCUT2D eigenvalue weighted by Crippen LogP contribution is 2.12. The highest BCUT2D eigenvalue weighted by atomic mass is 16.3. The van der Waals surface area contributed by atoms with Crippen LogP contribution < -0.4 is 0 Å². The maximum Gasteiger partial charge on any atom is 0.130 e. The van der Waals surface area contributed by atoms with Crippen molar-refractivity contribution >= 4 is 5.78 Å². The summed E-state index contributed by atoms with van der Waals surface area (Å²) in [6.45, 7) is 1.57. The third-order valence-corrected chi connectivity index (χ3v) is 1.68. The summed E-state index contributed by atoms with van der Waals surface area (Å²) in [5.74, 6) is 0.439. The van der Waals surface area contributed by atoms with Crippen LogP contribution in [0.5, 0.6) is 5.75 Å². The van der Waals surface area contributed by atoms with Crippen molar-refractivity contribution in [2.45, 2.75) is 19.8 Å². The fourth-order valence-electron chi connectivity index (χ4n) is 1.03. The van der Waals surface area contributed by atoms with Crippen molar-refractivity contribution in [2.24, 2.45) is 0 Å². The van der Waals surface area contributed by atoms with Crippen molar-refractivity contribution < 1.29 is 9.90 Å². The van der Waals surface area contributed by atoms with E-state index in [2.05, 4.69) is 0 Å². The Morgan fingerprint density at radius 3 is 2.83 bits per heavy atom. The van der Waals surface area contributed by atoms with Gasteiger partial charge in [0.05, 0.1) is 0 Å². The van der Waals surface area contributed by atoms with Gasteiger partial charge in [-0.05, 0) is 31.0 Å². The lowest BCUT2D eigenvalue weighted by Crippen LogP contribution is -1.93. The summed E-state index contributed by atoms with van der Waals surface area (Å²) in [7, 11) is 0. The number of aromatic hydroxyl groups is 1. The largest absolute Gasteiger partial charge is 0.508 e. The minimum atomic E-state index is 0.179. The Morgan fingerprint density at radius 2 is 2.25 bits per heavy atom. The van der Waals surface area contributed by atoms with Crippen LogP contribution in [0.15, 0.2) is 24.3 Å². The van der Waals surface area contributed by atoms with Gasteiger partial charge in [0.15, 0.2) is 0 Å². The van der Waals surface area contributed by atoms with E-state index in [9.17, 15) is 4.79 Å². The van der Waals surface area contributed by atoms with Crippen LogP contribution in [0.3, 0.4) is 0 Å². The summed E-state index contributed by atoms with van der Waals surface area (Å²) >= 11 is 0. The Labute approximate surface area is 71.8 Å². The average Bonchev–Trinajstić information content (AvgIpc) is 2.01. The van der Waals surface area contributed by atoms with Gasteiger partial charge in [0.1, 0.15) is 11.5 Å². The van der Waals surface area contributed by atoms with Crippen molar-refractivity contribution in [3.63, 3.8) is 0 Å². The zero-order valence-electron chi connectivity index (χ0n) is 7.08. The molecular weight excluding hydrogens is 152 g/mol. The Hall–Kier alpha value is -1.31. The maximum absolute atomic E-state index is 10.6. The average molecular weight is 164 g/mol. The molecule has 2 heteroatoms. The van der Waals surface area contributed by atoms with Crippen molar-refractivity contribution in [1.82, 2.24) is 0 Å². The summed E-state index contributed by atoms with van der Waals surface area (Å²) in [5.41, 5.74) is 1.00. The molecule has 0 spiro atoms. The number of hydrogen-bond donors (Lipinski definition) is 1. The molecule has 0 aliphatic rings. The standard InChI is InChI=1S/C10H12O2/c1-8(11)5-6-9-3-2-4-10(12)7-9/h2-4,7,12H,5-6H2,1H3. The molecule has 0 unspecified atom stereocenters. The number of rotatable bonds is 3. The van der Waals surface area contributed by atoms with Gasteiger partial charge in [0.25, 0.3) is 0 Å². The molecule has 64 valence electrons. The third kappa shape index (κ3) is 2.74. The SMILES string of the molecule is CC(=O)CCc1cccc(O)c1. The molecule has 1 aromatic rings. The number of phenolic OH excluding ortho intramolecular Hbond substituents is 1. The summed E-state index contributed by atoms with van der Waals surface area (Å²) in [5, 5.41) is 9.09. The summed E-state index contributed by atoms with van der Waals surface area (Å²) in [6, 6.07) is 6.99. The highest BCUT2D eigenvalue weighted by Gasteiger charge is 1.96. The van der Waals surface area contributed by atoms with Gasteiger partial charge in [0.2, 0.25) is 0 Å². The molecule has 0 aromatic heterocycles. The minimum absolute atomic E-state index is 0.179. The fraction of sp³-hybridized carbons (Fsp3) is 0.300. The molecule has 1 rings (SSSR count). The van der Waals surface area contributed by atoms with Crippen molar-refractivity contribution in [3.05, 3.63) is 29.8 Å². The number of Topliss-reactive ketones (excluding diaryl/α,β-unsaturated/α-hetero) is 1. The normalized spacial score (nSPS) is 9.75. The smallest absolute Gasteiger partial charge is 0.130 e. The number of aryl methyl sites for hydroxylation is 1. The number of carbonyl (C=O) groups excluding carboxylic acids is 1. The van der Waals surface area contributed by atoms with E-state index in [1.807, 2.05) is 6.07 Å². The molecule has 0 saturated carbocycles. The van der Waals surface area contributed by atoms with E-state index in [0.29, 0.717) is 12.8 Å². The number of hydrogen-bond acceptors (Lipinski definition) is 2. The second-order valence-electron chi connectivity index (χ2n) is 2.87. The van der Waals surface area contributed by atoms with Crippen LogP contribution in [0.1, 0.15) is 18.9 Å². The quantitative estimate of drug-likeness (QED) is 0.741. The van der Waals surface area contributed by atoms with Crippen LogP contribution in [0.4, 0.5) is 0 Å². The molecular formula is C10H12O2. The molecule has 0 aliphatic carbocycles. The van der Waals surface area contributed by atoms with E-state index in [0.717, 1.165) is 5.56 Å². The van der Waals surface area contributed by atoms with Crippen LogP contribution >= 0.6 is 0 Å². The zero-order valence-corrected chi connectivity index (χ0v) is 7.08. The predicted octanol–water partition coefficient (Wildman–Crippen LogP) is 1.91. The molecule has 1 N–H and O–H groups in total. The third-order valence-electron chi connectivity index (χ3n) is 1.68. The first-order chi connectivity index (χ1) is 5.68. The van der Waals surface area contributed by atoms with E-state index in [1.165, 1.54) is 0 Å². The lowest BCUT2D eigenvalue weighted by atomic mass is 10.1. The monoisotopic (exact) mass is 164 g/mol. The topological polar surface area (TPSA) is 37.3 Å². The van der Waals surface area contributed by atoms with Crippen LogP contribution in [0, 0.1) is 0 Å². The first-order valence-electron chi connectivity index (χ1n) is 3.96. The Balaban J connectivity index is 2.57. The second-order valence-corrected chi connectivity index (χ2v) is 2.87. The van der Waals surface area contributed by atoms with Gasteiger partial charge in [0, 0.05) is 6.42 Å². The summed E-state index contributed by atoms with van der Waals surface area (Å²) < 4.78 is 0. The van der Waals surface area contributed by atoms with Crippen molar-refractivity contribution in [3.8, 4) is 5.75 Å². The van der Waals surface area contributed by atoms with Gasteiger partial charge in [-0.2, -0.15) is 0 Å². The van der Waals surface area contributed by atoms with E-state index in [1.54, 1.807) is 25.1 Å². The molecule has 0 heterocycles. The summed E-state index contributed by atoms with van der Waals surface area (Å²) in [4.78, 5) is 10.6. The zero-order chi connectivity index (χ0) is 8.97. The van der Waals surface area contributed by atoms with Crippen molar-refractivity contribution in [2.75, 3.05) is 0 Å². The molecule has 12 heavy (non-hydrogen) atoms. The molecule has 0 atom stereocenters. The molecule has 2 nitrogen and oxygen atoms in total. The highest BCUT2D eigenvalue weighted by molar-refractivity contribution is 5.75. The number of phenols is 1. The lowest BCUT2D eigenvalue weighted by Gasteiger charge is -1.98. The fourth-order valence-corrected chi connectivity index (χ4v) is 1.03. The predicted molar refractivity (Wildman–Crippen MR) is 47.1 cm³/mol. The van der Waals surface area contributed by atoms with Gasteiger partial charge < -0.3 is 9.90 Å². The van der Waals surface area contributed by atoms with E-state index < -0.39 is 0 Å². The van der Waals surface area contributed by atoms with Crippen LogP contribution in [0.2, 0.25) is 0 Å². The minimum Gasteiger partial charge on any atom is -0.508 e.